The van der Waals surface area contributed by atoms with Crippen LogP contribution in [0.2, 0.25) is 0 Å². The van der Waals surface area contributed by atoms with Crippen molar-refractivity contribution in [2.75, 3.05) is 0 Å². The molecule has 2 aromatic heterocycles. The predicted molar refractivity (Wildman–Crippen MR) is 180 cm³/mol. The summed E-state index contributed by atoms with van der Waals surface area (Å²) in [5.74, 6) is 2.02. The van der Waals surface area contributed by atoms with Gasteiger partial charge in [-0.2, -0.15) is 0 Å². The third kappa shape index (κ3) is 4.68. The minimum absolute atomic E-state index is 0.668. The summed E-state index contributed by atoms with van der Waals surface area (Å²) >= 11 is 1.79. The Hall–Kier alpha value is -5.45. The normalized spacial score (nSPS) is 11.3. The van der Waals surface area contributed by atoms with Gasteiger partial charge >= 0.3 is 0 Å². The molecule has 0 aliphatic rings. The molecule has 202 valence electrons. The lowest BCUT2D eigenvalue weighted by Crippen LogP contribution is -2.00. The molecule has 0 saturated heterocycles. The van der Waals surface area contributed by atoms with Crippen molar-refractivity contribution in [2.45, 2.75) is 0 Å². The first-order valence-electron chi connectivity index (χ1n) is 14.3. The number of fused-ring (bicyclic) bond motifs is 3. The third-order valence-corrected chi connectivity index (χ3v) is 8.97. The van der Waals surface area contributed by atoms with E-state index in [1.807, 2.05) is 60.7 Å². The van der Waals surface area contributed by atoms with Crippen molar-refractivity contribution in [3.05, 3.63) is 152 Å². The summed E-state index contributed by atoms with van der Waals surface area (Å²) in [4.78, 5) is 14.9. The first-order valence-corrected chi connectivity index (χ1v) is 15.1. The van der Waals surface area contributed by atoms with E-state index in [0.29, 0.717) is 17.5 Å². The molecule has 43 heavy (non-hydrogen) atoms. The molecule has 8 rings (SSSR count). The fraction of sp³-hybridized carbons (Fsp3) is 0. The van der Waals surface area contributed by atoms with Gasteiger partial charge in [0, 0.05) is 36.9 Å². The molecule has 0 aliphatic carbocycles. The molecule has 4 heteroatoms. The van der Waals surface area contributed by atoms with Gasteiger partial charge in [0.1, 0.15) is 0 Å². The molecule has 0 atom stereocenters. The lowest BCUT2D eigenvalue weighted by atomic mass is 9.96. The molecule has 0 N–H and O–H groups in total. The Balaban J connectivity index is 1.30. The van der Waals surface area contributed by atoms with Gasteiger partial charge in [-0.15, -0.1) is 11.3 Å². The van der Waals surface area contributed by atoms with Gasteiger partial charge in [-0.05, 0) is 34.4 Å². The van der Waals surface area contributed by atoms with E-state index in [-0.39, 0.29) is 0 Å². The standard InChI is InChI=1S/C39H25N3S/c1-4-12-26(13-5-1)27-22-24-28(25-23-27)31-18-11-21-34-35(31)32-19-10-20-33(36(32)43-34)39-41-37(29-14-6-2-7-15-29)40-38(42-39)30-16-8-3-9-17-30/h1-25H. The van der Waals surface area contributed by atoms with Crippen LogP contribution in [0.25, 0.3) is 76.6 Å². The van der Waals surface area contributed by atoms with E-state index in [0.717, 1.165) is 16.7 Å². The van der Waals surface area contributed by atoms with Crippen LogP contribution in [0.5, 0.6) is 0 Å². The SMILES string of the molecule is c1ccc(-c2ccc(-c3cccc4sc5c(-c6nc(-c7ccccc7)nc(-c7ccccc7)n6)cccc5c34)cc2)cc1. The summed E-state index contributed by atoms with van der Waals surface area (Å²) in [6.07, 6.45) is 0. The molecule has 0 aliphatic heterocycles. The van der Waals surface area contributed by atoms with Crippen molar-refractivity contribution in [3.8, 4) is 56.4 Å². The summed E-state index contributed by atoms with van der Waals surface area (Å²) in [6, 6.07) is 52.7. The fourth-order valence-corrected chi connectivity index (χ4v) is 6.90. The highest BCUT2D eigenvalue weighted by atomic mass is 32.1. The zero-order chi connectivity index (χ0) is 28.6. The Kier molecular flexibility index (Phi) is 6.32. The number of hydrogen-bond acceptors (Lipinski definition) is 4. The minimum atomic E-state index is 0.668. The van der Waals surface area contributed by atoms with Crippen LogP contribution in [0.3, 0.4) is 0 Å². The van der Waals surface area contributed by atoms with Gasteiger partial charge in [0.15, 0.2) is 17.5 Å². The summed E-state index contributed by atoms with van der Waals surface area (Å²) in [7, 11) is 0. The van der Waals surface area contributed by atoms with Crippen LogP contribution in [-0.4, -0.2) is 15.0 Å². The van der Waals surface area contributed by atoms with Crippen LogP contribution < -0.4 is 0 Å². The van der Waals surface area contributed by atoms with Gasteiger partial charge in [-0.3, -0.25) is 0 Å². The summed E-state index contributed by atoms with van der Waals surface area (Å²) in [6.45, 7) is 0. The molecule has 8 aromatic rings. The topological polar surface area (TPSA) is 38.7 Å². The lowest BCUT2D eigenvalue weighted by Gasteiger charge is -2.09. The van der Waals surface area contributed by atoms with Gasteiger partial charge in [0.2, 0.25) is 0 Å². The van der Waals surface area contributed by atoms with Gasteiger partial charge in [-0.25, -0.2) is 15.0 Å². The maximum atomic E-state index is 5.02. The zero-order valence-corrected chi connectivity index (χ0v) is 24.0. The Morgan fingerprint density at radius 2 is 0.837 bits per heavy atom. The van der Waals surface area contributed by atoms with Crippen LogP contribution >= 0.6 is 11.3 Å². The predicted octanol–water partition coefficient (Wildman–Crippen LogP) is 10.6. The average molecular weight is 568 g/mol. The van der Waals surface area contributed by atoms with Crippen molar-refractivity contribution in [1.29, 1.82) is 0 Å². The molecule has 2 heterocycles. The Morgan fingerprint density at radius 3 is 1.47 bits per heavy atom. The molecule has 3 nitrogen and oxygen atoms in total. The van der Waals surface area contributed by atoms with Crippen LogP contribution in [0.4, 0.5) is 0 Å². The molecule has 6 aromatic carbocycles. The first-order chi connectivity index (χ1) is 21.3. The Morgan fingerprint density at radius 1 is 0.349 bits per heavy atom. The van der Waals surface area contributed by atoms with E-state index < -0.39 is 0 Å². The number of hydrogen-bond donors (Lipinski definition) is 0. The number of benzene rings is 6. The molecule has 0 radical (unpaired) electrons. The highest BCUT2D eigenvalue weighted by Gasteiger charge is 2.18. The lowest BCUT2D eigenvalue weighted by molar-refractivity contribution is 1.08. The minimum Gasteiger partial charge on any atom is -0.208 e. The molecular weight excluding hydrogens is 543 g/mol. The van der Waals surface area contributed by atoms with Gasteiger partial charge < -0.3 is 0 Å². The number of nitrogens with zero attached hydrogens (tertiary/aromatic N) is 3. The molecule has 0 saturated carbocycles. The van der Waals surface area contributed by atoms with Crippen LogP contribution in [-0.2, 0) is 0 Å². The maximum Gasteiger partial charge on any atom is 0.165 e. The van der Waals surface area contributed by atoms with Crippen LogP contribution in [0.1, 0.15) is 0 Å². The zero-order valence-electron chi connectivity index (χ0n) is 23.2. The second kappa shape index (κ2) is 10.8. The highest BCUT2D eigenvalue weighted by Crippen LogP contribution is 2.43. The van der Waals surface area contributed by atoms with Gasteiger partial charge in [-0.1, -0.05) is 140 Å². The average Bonchev–Trinajstić information content (AvgIpc) is 3.49. The number of aromatic nitrogens is 3. The second-order valence-corrected chi connectivity index (χ2v) is 11.5. The smallest absolute Gasteiger partial charge is 0.165 e. The monoisotopic (exact) mass is 567 g/mol. The summed E-state index contributed by atoms with van der Waals surface area (Å²) in [5.41, 5.74) is 7.81. The molecule has 0 spiro atoms. The highest BCUT2D eigenvalue weighted by molar-refractivity contribution is 7.26. The van der Waals surface area contributed by atoms with Crippen molar-refractivity contribution in [3.63, 3.8) is 0 Å². The van der Waals surface area contributed by atoms with Crippen LogP contribution in [0, 0.1) is 0 Å². The van der Waals surface area contributed by atoms with E-state index in [2.05, 4.69) is 91.0 Å². The quantitative estimate of drug-likeness (QED) is 0.208. The molecular formula is C39H25N3S. The first kappa shape index (κ1) is 25.3. The maximum absolute atomic E-state index is 5.02. The van der Waals surface area contributed by atoms with Crippen molar-refractivity contribution >= 4 is 31.5 Å². The van der Waals surface area contributed by atoms with Crippen molar-refractivity contribution < 1.29 is 0 Å². The molecule has 0 bridgehead atoms. The Bertz CT molecular complexity index is 2150. The molecule has 0 fully saturated rings. The van der Waals surface area contributed by atoms with E-state index >= 15 is 0 Å². The molecule has 0 amide bonds. The molecule has 0 unspecified atom stereocenters. The second-order valence-electron chi connectivity index (χ2n) is 10.4. The summed E-state index contributed by atoms with van der Waals surface area (Å²) in [5, 5.41) is 2.47. The van der Waals surface area contributed by atoms with Gasteiger partial charge in [0.05, 0.1) is 0 Å². The van der Waals surface area contributed by atoms with Crippen LogP contribution in [0.15, 0.2) is 152 Å². The number of thiophene rings is 1. The van der Waals surface area contributed by atoms with Gasteiger partial charge in [0.25, 0.3) is 0 Å². The van der Waals surface area contributed by atoms with E-state index in [4.69, 9.17) is 15.0 Å². The van der Waals surface area contributed by atoms with E-state index in [1.54, 1.807) is 11.3 Å². The van der Waals surface area contributed by atoms with E-state index in [9.17, 15) is 0 Å². The third-order valence-electron chi connectivity index (χ3n) is 7.77. The van der Waals surface area contributed by atoms with Crippen molar-refractivity contribution in [2.24, 2.45) is 0 Å². The fourth-order valence-electron chi connectivity index (χ4n) is 5.67. The van der Waals surface area contributed by atoms with E-state index in [1.165, 1.54) is 42.4 Å². The Labute approximate surface area is 253 Å². The summed E-state index contributed by atoms with van der Waals surface area (Å²) < 4.78 is 2.42. The van der Waals surface area contributed by atoms with Crippen molar-refractivity contribution in [1.82, 2.24) is 15.0 Å². The largest absolute Gasteiger partial charge is 0.208 e. The number of rotatable bonds is 5.